The molecule has 0 aliphatic rings. The molecule has 216 valence electrons. The highest BCUT2D eigenvalue weighted by molar-refractivity contribution is 7.92. The van der Waals surface area contributed by atoms with E-state index in [2.05, 4.69) is 5.32 Å². The second-order valence-electron chi connectivity index (χ2n) is 8.90. The molecule has 0 radical (unpaired) electrons. The van der Waals surface area contributed by atoms with Crippen LogP contribution in [0.3, 0.4) is 0 Å². The molecule has 0 aromatic heterocycles. The number of nitrogens with zero attached hydrogens (tertiary/aromatic N) is 2. The lowest BCUT2D eigenvalue weighted by Crippen LogP contribution is -2.53. The van der Waals surface area contributed by atoms with E-state index in [1.54, 1.807) is 19.9 Å². The third kappa shape index (κ3) is 8.64. The minimum absolute atomic E-state index is 0.138. The van der Waals surface area contributed by atoms with Crippen LogP contribution in [-0.2, 0) is 32.3 Å². The van der Waals surface area contributed by atoms with Crippen LogP contribution in [0.15, 0.2) is 36.4 Å². The Kier molecular flexibility index (Phi) is 11.4. The Hall–Kier alpha value is -2.21. The summed E-state index contributed by atoms with van der Waals surface area (Å²) in [6, 6.07) is 5.53. The molecule has 2 aromatic carbocycles. The molecule has 0 spiro atoms. The monoisotopic (exact) mass is 629 g/mol. The number of carbonyl (C=O) groups excluding carboxylic acids is 2. The number of rotatable bonds is 11. The van der Waals surface area contributed by atoms with Gasteiger partial charge in [-0.05, 0) is 50.1 Å². The highest BCUT2D eigenvalue weighted by atomic mass is 35.5. The van der Waals surface area contributed by atoms with Gasteiger partial charge in [0, 0.05) is 28.2 Å². The molecule has 2 rings (SSSR count). The number of halogens is 6. The number of benzene rings is 2. The summed E-state index contributed by atoms with van der Waals surface area (Å²) < 4.78 is 66.1. The van der Waals surface area contributed by atoms with Crippen molar-refractivity contribution in [2.24, 2.45) is 0 Å². The molecule has 0 bridgehead atoms. The van der Waals surface area contributed by atoms with Gasteiger partial charge in [0.25, 0.3) is 0 Å². The van der Waals surface area contributed by atoms with E-state index in [1.165, 1.54) is 12.1 Å². The summed E-state index contributed by atoms with van der Waals surface area (Å²) in [6.45, 7) is 4.10. The van der Waals surface area contributed by atoms with Crippen LogP contribution in [0.5, 0.6) is 0 Å². The van der Waals surface area contributed by atoms with Crippen LogP contribution in [-0.4, -0.2) is 50.0 Å². The number of carbonyl (C=O) groups is 2. The van der Waals surface area contributed by atoms with Gasteiger partial charge in [-0.3, -0.25) is 13.9 Å². The first-order valence-corrected chi connectivity index (χ1v) is 14.9. The number of nitrogens with one attached hydrogen (secondary N) is 1. The van der Waals surface area contributed by atoms with E-state index in [9.17, 15) is 31.2 Å². The Morgan fingerprint density at radius 3 is 2.08 bits per heavy atom. The predicted molar refractivity (Wildman–Crippen MR) is 148 cm³/mol. The van der Waals surface area contributed by atoms with Gasteiger partial charge in [-0.1, -0.05) is 54.7 Å². The van der Waals surface area contributed by atoms with Crippen molar-refractivity contribution >= 4 is 62.3 Å². The van der Waals surface area contributed by atoms with Crippen molar-refractivity contribution < 1.29 is 31.2 Å². The molecule has 14 heteroatoms. The molecule has 2 atom stereocenters. The second-order valence-corrected chi connectivity index (χ2v) is 12.0. The number of anilines is 1. The van der Waals surface area contributed by atoms with Gasteiger partial charge >= 0.3 is 6.18 Å². The van der Waals surface area contributed by atoms with Crippen molar-refractivity contribution in [1.29, 1.82) is 0 Å². The SMILES string of the molecule is CC[C@H](C(=O)N[C@@H](C)CC)N(Cc1c(Cl)cccc1Cl)C(=O)CN(c1cc(C(F)(F)F)ccc1Cl)S(C)(=O)=O. The lowest BCUT2D eigenvalue weighted by atomic mass is 10.1. The average Bonchev–Trinajstić information content (AvgIpc) is 2.83. The molecule has 2 aromatic rings. The van der Waals surface area contributed by atoms with E-state index >= 15 is 0 Å². The Labute approximate surface area is 241 Å². The third-order valence-electron chi connectivity index (χ3n) is 6.00. The smallest absolute Gasteiger partial charge is 0.352 e. The summed E-state index contributed by atoms with van der Waals surface area (Å²) in [7, 11) is -4.31. The summed E-state index contributed by atoms with van der Waals surface area (Å²) in [5.74, 6) is -1.37. The molecule has 0 saturated carbocycles. The molecular formula is C25H29Cl3F3N3O4S. The molecule has 0 heterocycles. The van der Waals surface area contributed by atoms with Gasteiger partial charge < -0.3 is 10.2 Å². The molecule has 0 aliphatic carbocycles. The third-order valence-corrected chi connectivity index (χ3v) is 8.15. The van der Waals surface area contributed by atoms with Crippen molar-refractivity contribution in [3.8, 4) is 0 Å². The normalized spacial score (nSPS) is 13.5. The quantitative estimate of drug-likeness (QED) is 0.323. The minimum atomic E-state index is -4.79. The van der Waals surface area contributed by atoms with Crippen LogP contribution in [0.1, 0.15) is 44.7 Å². The number of hydrogen-bond donors (Lipinski definition) is 1. The van der Waals surface area contributed by atoms with E-state index in [-0.39, 0.29) is 34.1 Å². The van der Waals surface area contributed by atoms with Crippen molar-refractivity contribution in [3.63, 3.8) is 0 Å². The minimum Gasteiger partial charge on any atom is -0.352 e. The van der Waals surface area contributed by atoms with Crippen LogP contribution in [0.2, 0.25) is 15.1 Å². The largest absolute Gasteiger partial charge is 0.416 e. The number of sulfonamides is 1. The fraction of sp³-hybridized carbons (Fsp3) is 0.440. The average molecular weight is 631 g/mol. The molecule has 0 aliphatic heterocycles. The molecule has 0 fully saturated rings. The van der Waals surface area contributed by atoms with E-state index in [0.717, 1.165) is 17.2 Å². The van der Waals surface area contributed by atoms with Gasteiger partial charge in [0.05, 0.1) is 22.5 Å². The zero-order valence-electron chi connectivity index (χ0n) is 21.7. The maximum Gasteiger partial charge on any atom is 0.416 e. The zero-order valence-corrected chi connectivity index (χ0v) is 24.7. The van der Waals surface area contributed by atoms with Crippen LogP contribution >= 0.6 is 34.8 Å². The van der Waals surface area contributed by atoms with Crippen LogP contribution in [0.25, 0.3) is 0 Å². The predicted octanol–water partition coefficient (Wildman–Crippen LogP) is 6.15. The van der Waals surface area contributed by atoms with Gasteiger partial charge in [0.15, 0.2) is 0 Å². The van der Waals surface area contributed by atoms with Gasteiger partial charge in [-0.2, -0.15) is 13.2 Å². The summed E-state index contributed by atoms with van der Waals surface area (Å²) in [4.78, 5) is 28.0. The van der Waals surface area contributed by atoms with E-state index < -0.39 is 51.9 Å². The van der Waals surface area contributed by atoms with Crippen molar-refractivity contribution in [2.75, 3.05) is 17.1 Å². The Morgan fingerprint density at radius 1 is 1.00 bits per heavy atom. The maximum atomic E-state index is 13.7. The molecule has 0 saturated heterocycles. The van der Waals surface area contributed by atoms with Crippen LogP contribution in [0.4, 0.5) is 18.9 Å². The molecular weight excluding hydrogens is 602 g/mol. The lowest BCUT2D eigenvalue weighted by Gasteiger charge is -2.34. The zero-order chi connectivity index (χ0) is 29.7. The van der Waals surface area contributed by atoms with Crippen molar-refractivity contribution in [3.05, 3.63) is 62.6 Å². The summed E-state index contributed by atoms with van der Waals surface area (Å²) in [5, 5.41) is 2.90. The Morgan fingerprint density at radius 2 is 1.59 bits per heavy atom. The molecule has 2 amide bonds. The van der Waals surface area contributed by atoms with Crippen LogP contribution in [0, 0.1) is 0 Å². The molecule has 0 unspecified atom stereocenters. The first-order valence-electron chi connectivity index (χ1n) is 11.9. The first-order chi connectivity index (χ1) is 18.0. The van der Waals surface area contributed by atoms with Crippen LogP contribution < -0.4 is 9.62 Å². The van der Waals surface area contributed by atoms with E-state index in [4.69, 9.17) is 34.8 Å². The van der Waals surface area contributed by atoms with Crippen molar-refractivity contribution in [2.45, 2.75) is 58.4 Å². The van der Waals surface area contributed by atoms with Gasteiger partial charge in [-0.15, -0.1) is 0 Å². The fourth-order valence-corrected chi connectivity index (χ4v) is 5.33. The first kappa shape index (κ1) is 33.0. The summed E-state index contributed by atoms with van der Waals surface area (Å²) in [5.41, 5.74) is -1.37. The van der Waals surface area contributed by atoms with Crippen molar-refractivity contribution in [1.82, 2.24) is 10.2 Å². The molecule has 39 heavy (non-hydrogen) atoms. The second kappa shape index (κ2) is 13.4. The van der Waals surface area contributed by atoms with Gasteiger partial charge in [0.1, 0.15) is 12.6 Å². The number of hydrogen-bond acceptors (Lipinski definition) is 4. The number of alkyl halides is 3. The maximum absolute atomic E-state index is 13.7. The standard InChI is InChI=1S/C25H29Cl3F3N3O4S/c1-5-15(3)32-24(36)21(6-2)33(13-17-18(26)8-7-9-19(17)27)23(35)14-34(39(4,37)38)22-12-16(25(29,30)31)10-11-20(22)28/h7-12,15,21H,5-6,13-14H2,1-4H3,(H,32,36)/t15-,21+/m0/s1. The number of amides is 2. The van der Waals surface area contributed by atoms with Gasteiger partial charge in [0.2, 0.25) is 21.8 Å². The highest BCUT2D eigenvalue weighted by Crippen LogP contribution is 2.36. The van der Waals surface area contributed by atoms with Gasteiger partial charge in [-0.25, -0.2) is 8.42 Å². The topological polar surface area (TPSA) is 86.8 Å². The van der Waals surface area contributed by atoms with E-state index in [0.29, 0.717) is 28.4 Å². The highest BCUT2D eigenvalue weighted by Gasteiger charge is 2.35. The lowest BCUT2D eigenvalue weighted by molar-refractivity contribution is -0.140. The molecule has 1 N–H and O–H groups in total. The summed E-state index contributed by atoms with van der Waals surface area (Å²) >= 11 is 18.7. The van der Waals surface area contributed by atoms with E-state index in [1.807, 2.05) is 6.92 Å². The Balaban J connectivity index is 2.60. The summed E-state index contributed by atoms with van der Waals surface area (Å²) in [6.07, 6.45) is -3.30. The fourth-order valence-electron chi connectivity index (χ4n) is 3.69. The Bertz CT molecular complexity index is 1290. The molecule has 7 nitrogen and oxygen atoms in total.